The number of quaternary nitrogens is 1. The van der Waals surface area contributed by atoms with Gasteiger partial charge in [0, 0.05) is 18.8 Å². The largest absolute Gasteiger partial charge is 0.325 e. The van der Waals surface area contributed by atoms with E-state index < -0.39 is 10.2 Å². The Balaban J connectivity index is 1.48. The van der Waals surface area contributed by atoms with Crippen LogP contribution in [0.4, 0.5) is 10.1 Å². The maximum absolute atomic E-state index is 12.9. The van der Waals surface area contributed by atoms with Gasteiger partial charge in [0.15, 0.2) is 6.54 Å². The predicted octanol–water partition coefficient (Wildman–Crippen LogP) is 0.0855. The second-order valence-corrected chi connectivity index (χ2v) is 9.13. The first-order chi connectivity index (χ1) is 12.9. The van der Waals surface area contributed by atoms with Crippen molar-refractivity contribution in [1.82, 2.24) is 8.61 Å². The van der Waals surface area contributed by atoms with Crippen molar-refractivity contribution in [2.45, 2.75) is 25.7 Å². The first kappa shape index (κ1) is 20.2. The van der Waals surface area contributed by atoms with Gasteiger partial charge in [-0.25, -0.2) is 4.39 Å². The van der Waals surface area contributed by atoms with E-state index in [-0.39, 0.29) is 18.3 Å². The van der Waals surface area contributed by atoms with Crippen molar-refractivity contribution < 1.29 is 22.5 Å². The number of nitrogens with zero attached hydrogens (tertiary/aromatic N) is 2. The number of rotatable bonds is 5. The summed E-state index contributed by atoms with van der Waals surface area (Å²) in [6.07, 6.45) is 4.03. The Morgan fingerprint density at radius 3 is 2.11 bits per heavy atom. The number of anilines is 1. The summed E-state index contributed by atoms with van der Waals surface area (Å²) in [6.45, 7) is 3.55. The number of nitrogens with one attached hydrogen (secondary N) is 2. The van der Waals surface area contributed by atoms with E-state index in [1.165, 1.54) is 24.3 Å². The molecule has 1 aromatic rings. The highest BCUT2D eigenvalue weighted by atomic mass is 32.2. The Morgan fingerprint density at radius 2 is 1.52 bits per heavy atom. The van der Waals surface area contributed by atoms with E-state index in [2.05, 4.69) is 5.32 Å². The molecule has 1 amide bonds. The lowest BCUT2D eigenvalue weighted by Gasteiger charge is -2.34. The normalized spacial score (nSPS) is 20.9. The molecule has 0 saturated carbocycles. The highest BCUT2D eigenvalue weighted by Gasteiger charge is 2.34. The number of hydrogen-bond acceptors (Lipinski definition) is 3. The van der Waals surface area contributed by atoms with Crippen molar-refractivity contribution in [3.63, 3.8) is 0 Å². The van der Waals surface area contributed by atoms with Gasteiger partial charge in [0.05, 0.1) is 26.2 Å². The summed E-state index contributed by atoms with van der Waals surface area (Å²) >= 11 is 0. The van der Waals surface area contributed by atoms with E-state index >= 15 is 0 Å². The molecule has 2 aliphatic rings. The van der Waals surface area contributed by atoms with Crippen LogP contribution in [0.5, 0.6) is 0 Å². The Kier molecular flexibility index (Phi) is 6.80. The fraction of sp³-hybridized carbons (Fsp3) is 0.611. The molecule has 0 aromatic heterocycles. The summed E-state index contributed by atoms with van der Waals surface area (Å²) in [4.78, 5) is 13.2. The summed E-state index contributed by atoms with van der Waals surface area (Å²) in [5.41, 5.74) is 0.558. The molecule has 2 N–H and O–H groups in total. The molecule has 2 fully saturated rings. The highest BCUT2D eigenvalue weighted by Crippen LogP contribution is 2.16. The molecule has 2 aliphatic heterocycles. The lowest BCUT2D eigenvalue weighted by atomic mass is 10.2. The van der Waals surface area contributed by atoms with E-state index in [0.29, 0.717) is 45.0 Å². The summed E-state index contributed by atoms with van der Waals surface area (Å²) in [7, 11) is -3.40. The van der Waals surface area contributed by atoms with Crippen LogP contribution in [0.25, 0.3) is 0 Å². The third-order valence-corrected chi connectivity index (χ3v) is 7.22. The number of halogens is 1. The summed E-state index contributed by atoms with van der Waals surface area (Å²) < 4.78 is 41.7. The molecule has 0 bridgehead atoms. The minimum atomic E-state index is -3.40. The van der Waals surface area contributed by atoms with Gasteiger partial charge in [-0.15, -0.1) is 0 Å². The van der Waals surface area contributed by atoms with Crippen LogP contribution in [-0.2, 0) is 15.0 Å². The average molecular weight is 400 g/mol. The average Bonchev–Trinajstić information content (AvgIpc) is 2.94. The van der Waals surface area contributed by atoms with Crippen LogP contribution in [0.15, 0.2) is 24.3 Å². The fourth-order valence-corrected chi connectivity index (χ4v) is 5.30. The lowest BCUT2D eigenvalue weighted by molar-refractivity contribution is -0.895. The first-order valence-electron chi connectivity index (χ1n) is 9.59. The number of carbonyl (C=O) groups excluding carboxylic acids is 1. The van der Waals surface area contributed by atoms with Crippen molar-refractivity contribution in [2.75, 3.05) is 51.1 Å². The highest BCUT2D eigenvalue weighted by molar-refractivity contribution is 7.86. The van der Waals surface area contributed by atoms with E-state index in [4.69, 9.17) is 0 Å². The van der Waals surface area contributed by atoms with Crippen molar-refractivity contribution in [1.29, 1.82) is 0 Å². The second-order valence-electron chi connectivity index (χ2n) is 7.20. The number of amides is 1. The topological polar surface area (TPSA) is 74.2 Å². The Bertz CT molecular complexity index is 725. The molecule has 0 aliphatic carbocycles. The molecule has 3 rings (SSSR count). The first-order valence-corrected chi connectivity index (χ1v) is 11.0. The van der Waals surface area contributed by atoms with Gasteiger partial charge in [-0.3, -0.25) is 4.79 Å². The minimum Gasteiger partial charge on any atom is -0.325 e. The number of benzene rings is 1. The van der Waals surface area contributed by atoms with Crippen molar-refractivity contribution in [3.05, 3.63) is 30.1 Å². The van der Waals surface area contributed by atoms with Crippen LogP contribution in [0, 0.1) is 5.82 Å². The zero-order valence-corrected chi connectivity index (χ0v) is 16.3. The molecular formula is C18H28FN4O3S+. The van der Waals surface area contributed by atoms with E-state index in [1.54, 1.807) is 8.61 Å². The zero-order valence-electron chi connectivity index (χ0n) is 15.5. The van der Waals surface area contributed by atoms with Crippen molar-refractivity contribution in [2.24, 2.45) is 0 Å². The Morgan fingerprint density at radius 1 is 0.963 bits per heavy atom. The van der Waals surface area contributed by atoms with Gasteiger partial charge in [0.1, 0.15) is 5.82 Å². The van der Waals surface area contributed by atoms with Crippen LogP contribution < -0.4 is 10.2 Å². The Labute approximate surface area is 160 Å². The Hall–Kier alpha value is -1.55. The third-order valence-electron chi connectivity index (χ3n) is 5.19. The third kappa shape index (κ3) is 5.47. The van der Waals surface area contributed by atoms with Gasteiger partial charge in [0.25, 0.3) is 16.1 Å². The molecule has 0 atom stereocenters. The number of hydrogen-bond donors (Lipinski definition) is 2. The molecule has 27 heavy (non-hydrogen) atoms. The smallest absolute Gasteiger partial charge is 0.282 e. The van der Waals surface area contributed by atoms with Crippen LogP contribution in [0.2, 0.25) is 0 Å². The van der Waals surface area contributed by atoms with Crippen LogP contribution in [0.1, 0.15) is 25.7 Å². The number of piperazine rings is 1. The van der Waals surface area contributed by atoms with Gasteiger partial charge in [-0.2, -0.15) is 17.0 Å². The fourth-order valence-electron chi connectivity index (χ4n) is 3.61. The molecule has 1 aromatic carbocycles. The summed E-state index contributed by atoms with van der Waals surface area (Å²) in [6, 6.07) is 5.65. The van der Waals surface area contributed by atoms with Gasteiger partial charge in [-0.1, -0.05) is 12.8 Å². The maximum Gasteiger partial charge on any atom is 0.282 e. The van der Waals surface area contributed by atoms with Gasteiger partial charge in [-0.05, 0) is 37.1 Å². The monoisotopic (exact) mass is 399 g/mol. The molecule has 150 valence electrons. The van der Waals surface area contributed by atoms with E-state index in [0.717, 1.165) is 30.6 Å². The second kappa shape index (κ2) is 9.09. The standard InChI is InChI=1S/C18H27FN4O3S/c19-16-5-7-17(8-6-16)20-18(24)15-21-11-13-23(14-12-21)27(25,26)22-9-3-1-2-4-10-22/h5-8H,1-4,9-15H2,(H,20,24)/p+1. The molecule has 2 heterocycles. The van der Waals surface area contributed by atoms with Gasteiger partial charge in [0.2, 0.25) is 0 Å². The lowest BCUT2D eigenvalue weighted by Crippen LogP contribution is -3.15. The molecule has 9 heteroatoms. The van der Waals surface area contributed by atoms with Gasteiger partial charge >= 0.3 is 0 Å². The SMILES string of the molecule is O=C(C[NH+]1CCN(S(=O)(=O)N2CCCCCC2)CC1)Nc1ccc(F)cc1. The van der Waals surface area contributed by atoms with Crippen LogP contribution in [0.3, 0.4) is 0 Å². The maximum atomic E-state index is 12.9. The minimum absolute atomic E-state index is 0.152. The molecule has 7 nitrogen and oxygen atoms in total. The summed E-state index contributed by atoms with van der Waals surface area (Å²) in [5, 5.41) is 2.75. The van der Waals surface area contributed by atoms with Crippen molar-refractivity contribution in [3.8, 4) is 0 Å². The van der Waals surface area contributed by atoms with Crippen LogP contribution in [-0.4, -0.2) is 68.7 Å². The molecule has 0 spiro atoms. The molecular weight excluding hydrogens is 371 g/mol. The van der Waals surface area contributed by atoms with Crippen molar-refractivity contribution >= 4 is 21.8 Å². The van der Waals surface area contributed by atoms with E-state index in [1.807, 2.05) is 0 Å². The molecule has 0 radical (unpaired) electrons. The van der Waals surface area contributed by atoms with Gasteiger partial charge < -0.3 is 10.2 Å². The quantitative estimate of drug-likeness (QED) is 0.737. The molecule has 2 saturated heterocycles. The zero-order chi connectivity index (χ0) is 19.3. The predicted molar refractivity (Wildman–Crippen MR) is 101 cm³/mol. The molecule has 0 unspecified atom stereocenters. The van der Waals surface area contributed by atoms with Crippen LogP contribution >= 0.6 is 0 Å². The number of carbonyl (C=O) groups is 1. The van der Waals surface area contributed by atoms with E-state index in [9.17, 15) is 17.6 Å². The summed E-state index contributed by atoms with van der Waals surface area (Å²) in [5.74, 6) is -0.499.